The molecule has 0 bridgehead atoms. The first-order valence-corrected chi connectivity index (χ1v) is 10.7. The number of methoxy groups -OCH3 is 1. The highest BCUT2D eigenvalue weighted by Gasteiger charge is 2.40. The third-order valence-corrected chi connectivity index (χ3v) is 10.9. The summed E-state index contributed by atoms with van der Waals surface area (Å²) >= 11 is 0. The number of fused-ring (bicyclic) bond motifs is 1. The molecule has 0 aliphatic heterocycles. The van der Waals surface area contributed by atoms with E-state index in [1.54, 1.807) is 0 Å². The Morgan fingerprint density at radius 2 is 1.64 bits per heavy atom. The van der Waals surface area contributed by atoms with Crippen LogP contribution in [-0.2, 0) is 0 Å². The number of ether oxygens (including phenoxy) is 1. The van der Waals surface area contributed by atoms with E-state index in [1.807, 2.05) is 7.11 Å². The van der Waals surface area contributed by atoms with Crippen molar-refractivity contribution in [3.8, 4) is 5.75 Å². The van der Waals surface area contributed by atoms with Crippen molar-refractivity contribution in [3.05, 3.63) is 60.7 Å². The fourth-order valence-corrected chi connectivity index (χ4v) is 8.56. The molecule has 3 rings (SSSR count). The Morgan fingerprint density at radius 1 is 0.955 bits per heavy atom. The van der Waals surface area contributed by atoms with Crippen LogP contribution in [0.4, 0.5) is 0 Å². The van der Waals surface area contributed by atoms with Crippen molar-refractivity contribution in [2.45, 2.75) is 31.5 Å². The van der Waals surface area contributed by atoms with Crippen LogP contribution in [0, 0.1) is 0 Å². The van der Waals surface area contributed by atoms with E-state index >= 15 is 0 Å². The van der Waals surface area contributed by atoms with Crippen LogP contribution in [0.5, 0.6) is 5.75 Å². The fraction of sp³-hybridized carbons (Fsp3) is 0.300. The number of benzene rings is 2. The van der Waals surface area contributed by atoms with Crippen LogP contribution in [0.15, 0.2) is 60.7 Å². The normalized spacial score (nSPS) is 14.9. The number of hydrogen-bond acceptors (Lipinski definition) is 1. The predicted molar refractivity (Wildman–Crippen MR) is 98.9 cm³/mol. The van der Waals surface area contributed by atoms with Gasteiger partial charge in [-0.05, 0) is 16.1 Å². The highest BCUT2D eigenvalue weighted by molar-refractivity contribution is 6.94. The summed E-state index contributed by atoms with van der Waals surface area (Å²) in [5, 5.41) is 3.97. The quantitative estimate of drug-likeness (QED) is 0.703. The molecule has 0 fully saturated rings. The molecule has 0 aromatic heterocycles. The molecule has 1 aliphatic rings. The Kier molecular flexibility index (Phi) is 4.21. The van der Waals surface area contributed by atoms with Gasteiger partial charge >= 0.3 is 0 Å². The first-order chi connectivity index (χ1) is 10.8. The highest BCUT2D eigenvalue weighted by atomic mass is 28.3. The van der Waals surface area contributed by atoms with E-state index < -0.39 is 8.07 Å². The molecule has 0 atom stereocenters. The smallest absolute Gasteiger partial charge is 0.125 e. The molecule has 2 heteroatoms. The van der Waals surface area contributed by atoms with Gasteiger partial charge in [0.05, 0.1) is 7.11 Å². The molecule has 0 unspecified atom stereocenters. The minimum atomic E-state index is -1.67. The maximum atomic E-state index is 5.91. The molecule has 1 aliphatic carbocycles. The van der Waals surface area contributed by atoms with Crippen LogP contribution in [0.1, 0.15) is 13.8 Å². The number of rotatable bonds is 5. The molecular formula is C20H24OSi. The average Bonchev–Trinajstić information content (AvgIpc) is 3.11. The molecule has 114 valence electrons. The lowest BCUT2D eigenvalue weighted by atomic mass is 10.1. The van der Waals surface area contributed by atoms with Gasteiger partial charge in [0.15, 0.2) is 0 Å². The van der Waals surface area contributed by atoms with Crippen LogP contribution in [0.3, 0.4) is 0 Å². The van der Waals surface area contributed by atoms with Gasteiger partial charge in [-0.1, -0.05) is 86.6 Å². The summed E-state index contributed by atoms with van der Waals surface area (Å²) in [5.41, 5.74) is 0.581. The molecule has 22 heavy (non-hydrogen) atoms. The van der Waals surface area contributed by atoms with Gasteiger partial charge < -0.3 is 4.74 Å². The second-order valence-electron chi connectivity index (χ2n) is 6.03. The Hall–Kier alpha value is -1.80. The van der Waals surface area contributed by atoms with Gasteiger partial charge in [0.25, 0.3) is 0 Å². The molecule has 0 radical (unpaired) electrons. The van der Waals surface area contributed by atoms with E-state index in [2.05, 4.69) is 74.5 Å². The van der Waals surface area contributed by atoms with Gasteiger partial charge in [-0.3, -0.25) is 0 Å². The molecule has 0 N–H and O–H groups in total. The van der Waals surface area contributed by atoms with Crippen molar-refractivity contribution in [1.82, 2.24) is 0 Å². The molecular weight excluding hydrogens is 284 g/mol. The van der Waals surface area contributed by atoms with E-state index in [4.69, 9.17) is 4.74 Å². The van der Waals surface area contributed by atoms with Crippen molar-refractivity contribution in [3.63, 3.8) is 0 Å². The third kappa shape index (κ3) is 2.22. The summed E-state index contributed by atoms with van der Waals surface area (Å²) in [4.78, 5) is 0. The zero-order valence-electron chi connectivity index (χ0n) is 13.7. The van der Waals surface area contributed by atoms with Gasteiger partial charge in [0.2, 0.25) is 0 Å². The van der Waals surface area contributed by atoms with Crippen molar-refractivity contribution in [1.29, 1.82) is 0 Å². The van der Waals surface area contributed by atoms with Crippen LogP contribution in [0.25, 0.3) is 10.8 Å². The maximum Gasteiger partial charge on any atom is 0.125 e. The minimum Gasteiger partial charge on any atom is -0.496 e. The van der Waals surface area contributed by atoms with Gasteiger partial charge in [0, 0.05) is 5.39 Å². The fourth-order valence-electron chi connectivity index (χ4n) is 3.94. The summed E-state index contributed by atoms with van der Waals surface area (Å²) in [5.74, 6) is 1.10. The first kappa shape index (κ1) is 15.1. The molecule has 0 heterocycles. The van der Waals surface area contributed by atoms with Crippen molar-refractivity contribution < 1.29 is 4.74 Å². The third-order valence-electron chi connectivity index (χ3n) is 5.27. The molecule has 2 aromatic carbocycles. The van der Waals surface area contributed by atoms with Crippen molar-refractivity contribution in [2.75, 3.05) is 7.11 Å². The lowest BCUT2D eigenvalue weighted by molar-refractivity contribution is 0.422. The van der Waals surface area contributed by atoms with E-state index in [0.29, 0.717) is 5.54 Å². The monoisotopic (exact) mass is 308 g/mol. The van der Waals surface area contributed by atoms with Crippen molar-refractivity contribution >= 4 is 24.0 Å². The Bertz CT molecular complexity index is 714. The molecule has 0 amide bonds. The molecule has 2 aromatic rings. The van der Waals surface area contributed by atoms with Gasteiger partial charge in [0.1, 0.15) is 13.8 Å². The van der Waals surface area contributed by atoms with Crippen LogP contribution >= 0.6 is 0 Å². The standard InChI is InChI=1S/C20H24OSi/c1-4-22(5-2,17-11-7-8-12-17)19-15-14-16-10-6-9-13-18(16)20(19)21-3/h6-15,17H,4-5H2,1-3H3. The van der Waals surface area contributed by atoms with Gasteiger partial charge in [-0.15, -0.1) is 0 Å². The summed E-state index contributed by atoms with van der Waals surface area (Å²) in [7, 11) is 0.148. The van der Waals surface area contributed by atoms with Crippen LogP contribution < -0.4 is 9.92 Å². The summed E-state index contributed by atoms with van der Waals surface area (Å²) in [6, 6.07) is 15.6. The molecule has 0 spiro atoms. The van der Waals surface area contributed by atoms with Crippen LogP contribution in [0.2, 0.25) is 17.6 Å². The Labute approximate surface area is 134 Å². The first-order valence-electron chi connectivity index (χ1n) is 8.18. The van der Waals surface area contributed by atoms with E-state index in [9.17, 15) is 0 Å². The molecule has 1 nitrogen and oxygen atoms in total. The maximum absolute atomic E-state index is 5.91. The lowest BCUT2D eigenvalue weighted by Gasteiger charge is -2.36. The van der Waals surface area contributed by atoms with Gasteiger partial charge in [-0.25, -0.2) is 0 Å². The lowest BCUT2D eigenvalue weighted by Crippen LogP contribution is -2.50. The highest BCUT2D eigenvalue weighted by Crippen LogP contribution is 2.38. The topological polar surface area (TPSA) is 9.23 Å². The van der Waals surface area contributed by atoms with E-state index in [0.717, 1.165) is 5.75 Å². The average molecular weight is 308 g/mol. The summed E-state index contributed by atoms with van der Waals surface area (Å²) in [6.45, 7) is 4.70. The molecule has 0 saturated heterocycles. The second kappa shape index (κ2) is 6.13. The minimum absolute atomic E-state index is 0.581. The van der Waals surface area contributed by atoms with Crippen molar-refractivity contribution in [2.24, 2.45) is 0 Å². The Balaban J connectivity index is 2.26. The van der Waals surface area contributed by atoms with E-state index in [-0.39, 0.29) is 0 Å². The predicted octanol–water partition coefficient (Wildman–Crippen LogP) is 5.04. The zero-order chi connectivity index (χ0) is 15.6. The Morgan fingerprint density at radius 3 is 2.27 bits per heavy atom. The number of hydrogen-bond donors (Lipinski definition) is 0. The second-order valence-corrected chi connectivity index (χ2v) is 11.0. The SMILES string of the molecule is CC[Si](CC)(c1ccc2ccccc2c1OC)C1C=CC=C1. The van der Waals surface area contributed by atoms with E-state index in [1.165, 1.54) is 28.0 Å². The summed E-state index contributed by atoms with van der Waals surface area (Å²) in [6.07, 6.45) is 9.16. The largest absolute Gasteiger partial charge is 0.496 e. The summed E-state index contributed by atoms with van der Waals surface area (Å²) < 4.78 is 5.91. The zero-order valence-corrected chi connectivity index (χ0v) is 14.7. The van der Waals surface area contributed by atoms with Crippen LogP contribution in [-0.4, -0.2) is 15.2 Å². The van der Waals surface area contributed by atoms with Gasteiger partial charge in [-0.2, -0.15) is 0 Å². The molecule has 0 saturated carbocycles. The number of allylic oxidation sites excluding steroid dienone is 4.